The number of nitrogens with zero attached hydrogens (tertiary/aromatic N) is 2. The molecule has 8 nitrogen and oxygen atoms in total. The van der Waals surface area contributed by atoms with E-state index in [0.29, 0.717) is 25.7 Å². The Kier molecular flexibility index (Phi) is 7.54. The molecule has 0 bridgehead atoms. The van der Waals surface area contributed by atoms with Crippen molar-refractivity contribution in [3.05, 3.63) is 0 Å². The Balaban J connectivity index is 1.48. The van der Waals surface area contributed by atoms with E-state index in [1.54, 1.807) is 19.0 Å². The lowest BCUT2D eigenvalue weighted by Crippen LogP contribution is -2.45. The van der Waals surface area contributed by atoms with Crippen molar-refractivity contribution in [2.24, 2.45) is 10.9 Å². The third-order valence-corrected chi connectivity index (χ3v) is 5.84. The van der Waals surface area contributed by atoms with E-state index in [-0.39, 0.29) is 30.4 Å². The third-order valence-electron chi connectivity index (χ3n) is 5.84. The molecule has 1 spiro atoms. The molecule has 2 aliphatic heterocycles. The van der Waals surface area contributed by atoms with Gasteiger partial charge in [-0.1, -0.05) is 6.92 Å². The summed E-state index contributed by atoms with van der Waals surface area (Å²) in [5.74, 6) is 0.953. The van der Waals surface area contributed by atoms with E-state index in [2.05, 4.69) is 22.5 Å². The Labute approximate surface area is 168 Å². The minimum atomic E-state index is -0.387. The van der Waals surface area contributed by atoms with Crippen molar-refractivity contribution >= 4 is 11.9 Å². The maximum atomic E-state index is 11.9. The highest BCUT2D eigenvalue weighted by molar-refractivity contribution is 5.84. The SMILES string of the molecule is CC1CCC2(CC1)OCC(CNC(=NCC(=O)N(C)C)NCC1CCCO1)O2. The van der Waals surface area contributed by atoms with Gasteiger partial charge < -0.3 is 29.7 Å². The number of likely N-dealkylation sites (N-methyl/N-ethyl adjacent to an activating group) is 1. The number of hydrogen-bond acceptors (Lipinski definition) is 5. The first kappa shape index (κ1) is 21.3. The van der Waals surface area contributed by atoms with Crippen LogP contribution in [0, 0.1) is 5.92 Å². The first-order valence-electron chi connectivity index (χ1n) is 10.6. The molecule has 3 aliphatic rings. The van der Waals surface area contributed by atoms with Gasteiger partial charge in [0.05, 0.1) is 12.7 Å². The Morgan fingerprint density at radius 2 is 1.86 bits per heavy atom. The second kappa shape index (κ2) is 9.89. The molecule has 3 rings (SSSR count). The van der Waals surface area contributed by atoms with Crippen LogP contribution in [0.25, 0.3) is 0 Å². The van der Waals surface area contributed by atoms with Crippen molar-refractivity contribution in [1.82, 2.24) is 15.5 Å². The highest BCUT2D eigenvalue weighted by Gasteiger charge is 2.43. The van der Waals surface area contributed by atoms with Gasteiger partial charge in [-0.15, -0.1) is 0 Å². The van der Waals surface area contributed by atoms with Crippen molar-refractivity contribution in [2.75, 3.05) is 46.9 Å². The Bertz CT molecular complexity index is 540. The summed E-state index contributed by atoms with van der Waals surface area (Å²) in [6.07, 6.45) is 6.60. The van der Waals surface area contributed by atoms with Crippen molar-refractivity contribution < 1.29 is 19.0 Å². The van der Waals surface area contributed by atoms with Gasteiger partial charge in [0, 0.05) is 46.6 Å². The summed E-state index contributed by atoms with van der Waals surface area (Å²) in [6, 6.07) is 0. The maximum absolute atomic E-state index is 11.9. The standard InChI is InChI=1S/C20H36N4O4/c1-15-6-8-20(9-7-15)27-14-17(28-20)12-22-19(23-13-18(25)24(2)3)21-11-16-5-4-10-26-16/h15-17H,4-14H2,1-3H3,(H2,21,22,23). The van der Waals surface area contributed by atoms with Crippen molar-refractivity contribution in [1.29, 1.82) is 0 Å². The largest absolute Gasteiger partial charge is 0.376 e. The molecule has 2 saturated heterocycles. The summed E-state index contributed by atoms with van der Waals surface area (Å²) in [4.78, 5) is 17.9. The monoisotopic (exact) mass is 396 g/mol. The fourth-order valence-corrected chi connectivity index (χ4v) is 3.87. The average molecular weight is 397 g/mol. The average Bonchev–Trinajstić information content (AvgIpc) is 3.34. The molecular formula is C20H36N4O4. The molecule has 0 aromatic carbocycles. The Morgan fingerprint density at radius 3 is 2.50 bits per heavy atom. The minimum Gasteiger partial charge on any atom is -0.376 e. The van der Waals surface area contributed by atoms with E-state index in [1.165, 1.54) is 0 Å². The molecule has 2 N–H and O–H groups in total. The third kappa shape index (κ3) is 6.06. The van der Waals surface area contributed by atoms with Gasteiger partial charge in [0.1, 0.15) is 12.6 Å². The molecule has 2 heterocycles. The van der Waals surface area contributed by atoms with Gasteiger partial charge in [-0.2, -0.15) is 0 Å². The number of rotatable bonds is 6. The molecule has 1 amide bonds. The topological polar surface area (TPSA) is 84.4 Å². The van der Waals surface area contributed by atoms with Crippen LogP contribution in [0.5, 0.6) is 0 Å². The molecule has 1 aliphatic carbocycles. The molecule has 160 valence electrons. The summed E-state index contributed by atoms with van der Waals surface area (Å²) >= 11 is 0. The molecule has 1 saturated carbocycles. The highest BCUT2D eigenvalue weighted by atomic mass is 16.7. The van der Waals surface area contributed by atoms with Gasteiger partial charge in [-0.05, 0) is 31.6 Å². The number of ether oxygens (including phenoxy) is 3. The molecule has 0 aromatic heterocycles. The van der Waals surface area contributed by atoms with Crippen molar-refractivity contribution in [3.8, 4) is 0 Å². The zero-order valence-electron chi connectivity index (χ0n) is 17.5. The molecule has 28 heavy (non-hydrogen) atoms. The summed E-state index contributed by atoms with van der Waals surface area (Å²) in [6.45, 7) is 5.10. The van der Waals surface area contributed by atoms with Crippen LogP contribution in [-0.4, -0.2) is 81.7 Å². The van der Waals surface area contributed by atoms with Crippen LogP contribution in [-0.2, 0) is 19.0 Å². The quantitative estimate of drug-likeness (QED) is 0.517. The lowest BCUT2D eigenvalue weighted by atomic mass is 9.86. The molecule has 0 aromatic rings. The summed E-state index contributed by atoms with van der Waals surface area (Å²) in [7, 11) is 3.47. The van der Waals surface area contributed by atoms with Gasteiger partial charge in [0.15, 0.2) is 11.7 Å². The summed E-state index contributed by atoms with van der Waals surface area (Å²) in [5, 5.41) is 6.62. The molecule has 2 unspecified atom stereocenters. The number of carbonyl (C=O) groups is 1. The van der Waals surface area contributed by atoms with Crippen LogP contribution in [0.15, 0.2) is 4.99 Å². The van der Waals surface area contributed by atoms with E-state index in [4.69, 9.17) is 14.2 Å². The van der Waals surface area contributed by atoms with E-state index in [0.717, 1.165) is 51.0 Å². The van der Waals surface area contributed by atoms with Crippen LogP contribution in [0.1, 0.15) is 45.4 Å². The maximum Gasteiger partial charge on any atom is 0.243 e. The van der Waals surface area contributed by atoms with Gasteiger partial charge in [-0.25, -0.2) is 4.99 Å². The fourth-order valence-electron chi connectivity index (χ4n) is 3.87. The van der Waals surface area contributed by atoms with Gasteiger partial charge in [0.2, 0.25) is 5.91 Å². The predicted octanol–water partition coefficient (Wildman–Crippen LogP) is 1.11. The van der Waals surface area contributed by atoms with E-state index < -0.39 is 0 Å². The normalized spacial score (nSPS) is 33.2. The van der Waals surface area contributed by atoms with Gasteiger partial charge >= 0.3 is 0 Å². The summed E-state index contributed by atoms with van der Waals surface area (Å²) < 4.78 is 18.0. The Hall–Kier alpha value is -1.38. The van der Waals surface area contributed by atoms with E-state index in [1.807, 2.05) is 0 Å². The fraction of sp³-hybridized carbons (Fsp3) is 0.900. The number of nitrogens with one attached hydrogen (secondary N) is 2. The van der Waals surface area contributed by atoms with Crippen LogP contribution in [0.3, 0.4) is 0 Å². The molecule has 3 fully saturated rings. The second-order valence-corrected chi connectivity index (χ2v) is 8.49. The van der Waals surface area contributed by atoms with Gasteiger partial charge in [0.25, 0.3) is 0 Å². The number of aliphatic imine (C=N–C) groups is 1. The number of amides is 1. The lowest BCUT2D eigenvalue weighted by Gasteiger charge is -2.34. The summed E-state index contributed by atoms with van der Waals surface area (Å²) in [5.41, 5.74) is 0. The molecule has 2 atom stereocenters. The number of carbonyl (C=O) groups excluding carboxylic acids is 1. The van der Waals surface area contributed by atoms with Crippen LogP contribution < -0.4 is 10.6 Å². The van der Waals surface area contributed by atoms with Gasteiger partial charge in [-0.3, -0.25) is 4.79 Å². The van der Waals surface area contributed by atoms with Crippen LogP contribution in [0.2, 0.25) is 0 Å². The zero-order valence-corrected chi connectivity index (χ0v) is 17.5. The van der Waals surface area contributed by atoms with E-state index >= 15 is 0 Å². The highest BCUT2D eigenvalue weighted by Crippen LogP contribution is 2.39. The van der Waals surface area contributed by atoms with E-state index in [9.17, 15) is 4.79 Å². The number of hydrogen-bond donors (Lipinski definition) is 2. The lowest BCUT2D eigenvalue weighted by molar-refractivity contribution is -0.191. The smallest absolute Gasteiger partial charge is 0.243 e. The first-order valence-corrected chi connectivity index (χ1v) is 10.6. The molecular weight excluding hydrogens is 360 g/mol. The van der Waals surface area contributed by atoms with Crippen LogP contribution in [0.4, 0.5) is 0 Å². The van der Waals surface area contributed by atoms with Crippen molar-refractivity contribution in [3.63, 3.8) is 0 Å². The Morgan fingerprint density at radius 1 is 1.14 bits per heavy atom. The minimum absolute atomic E-state index is 0.00677. The molecule has 8 heteroatoms. The molecule has 0 radical (unpaired) electrons. The number of guanidine groups is 1. The zero-order chi connectivity index (χ0) is 20.0. The van der Waals surface area contributed by atoms with Crippen LogP contribution >= 0.6 is 0 Å². The predicted molar refractivity (Wildman–Crippen MR) is 107 cm³/mol. The van der Waals surface area contributed by atoms with Crippen molar-refractivity contribution in [2.45, 2.75) is 63.4 Å². The second-order valence-electron chi connectivity index (χ2n) is 8.49. The first-order chi connectivity index (χ1) is 13.5.